The summed E-state index contributed by atoms with van der Waals surface area (Å²) in [6, 6.07) is 1.99. The summed E-state index contributed by atoms with van der Waals surface area (Å²) >= 11 is 1.56. The Labute approximate surface area is 110 Å². The second-order valence-corrected chi connectivity index (χ2v) is 4.72. The number of nitrogen functional groups attached to an aromatic ring is 1. The van der Waals surface area contributed by atoms with Crippen LogP contribution in [0.1, 0.15) is 13.8 Å². The molecule has 0 spiro atoms. The van der Waals surface area contributed by atoms with Crippen molar-refractivity contribution in [3.05, 3.63) is 11.4 Å². The van der Waals surface area contributed by atoms with E-state index in [0.717, 1.165) is 16.0 Å². The normalized spacial score (nSPS) is 12.6. The molecule has 4 N–H and O–H groups in total. The summed E-state index contributed by atoms with van der Waals surface area (Å²) in [7, 11) is 0. The molecular formula is C11H17N5OS. The molecule has 0 saturated carbocycles. The van der Waals surface area contributed by atoms with E-state index >= 15 is 0 Å². The van der Waals surface area contributed by atoms with Gasteiger partial charge in [0.1, 0.15) is 10.6 Å². The van der Waals surface area contributed by atoms with E-state index < -0.39 is 0 Å². The molecule has 1 atom stereocenters. The topological polar surface area (TPSA) is 85.1 Å². The summed E-state index contributed by atoms with van der Waals surface area (Å²) in [6.45, 7) is 5.40. The van der Waals surface area contributed by atoms with Crippen molar-refractivity contribution in [3.63, 3.8) is 0 Å². The molecule has 18 heavy (non-hydrogen) atoms. The SMILES string of the molecule is CCOC(C)CNc1nc(NN)nc2sccc12. The summed E-state index contributed by atoms with van der Waals surface area (Å²) in [5, 5.41) is 6.25. The number of anilines is 2. The Bertz CT molecular complexity index is 515. The van der Waals surface area contributed by atoms with Crippen LogP contribution in [0, 0.1) is 0 Å². The Morgan fingerprint density at radius 2 is 2.33 bits per heavy atom. The van der Waals surface area contributed by atoms with E-state index in [1.54, 1.807) is 11.3 Å². The third-order valence-electron chi connectivity index (χ3n) is 2.46. The van der Waals surface area contributed by atoms with E-state index in [9.17, 15) is 0 Å². The third-order valence-corrected chi connectivity index (χ3v) is 3.27. The summed E-state index contributed by atoms with van der Waals surface area (Å²) in [4.78, 5) is 9.50. The number of hydrazine groups is 1. The molecule has 0 saturated heterocycles. The minimum absolute atomic E-state index is 0.132. The van der Waals surface area contributed by atoms with Crippen LogP contribution in [0.15, 0.2) is 11.4 Å². The zero-order chi connectivity index (χ0) is 13.0. The fourth-order valence-corrected chi connectivity index (χ4v) is 2.40. The molecule has 0 amide bonds. The van der Waals surface area contributed by atoms with Crippen LogP contribution in [0.5, 0.6) is 0 Å². The third kappa shape index (κ3) is 2.87. The van der Waals surface area contributed by atoms with Crippen LogP contribution < -0.4 is 16.6 Å². The first-order chi connectivity index (χ1) is 8.74. The molecule has 6 nitrogen and oxygen atoms in total. The summed E-state index contributed by atoms with van der Waals surface area (Å²) in [6.07, 6.45) is 0.132. The molecule has 0 radical (unpaired) electrons. The fourth-order valence-electron chi connectivity index (χ4n) is 1.64. The maximum atomic E-state index is 5.47. The number of nitrogens with zero attached hydrogens (tertiary/aromatic N) is 2. The van der Waals surface area contributed by atoms with Crippen molar-refractivity contribution in [3.8, 4) is 0 Å². The second-order valence-electron chi connectivity index (χ2n) is 3.83. The maximum Gasteiger partial charge on any atom is 0.240 e. The van der Waals surface area contributed by atoms with Gasteiger partial charge >= 0.3 is 0 Å². The van der Waals surface area contributed by atoms with Crippen LogP contribution in [0.25, 0.3) is 10.2 Å². The lowest BCUT2D eigenvalue weighted by Crippen LogP contribution is -2.21. The first kappa shape index (κ1) is 13.0. The van der Waals surface area contributed by atoms with Gasteiger partial charge in [-0.1, -0.05) is 0 Å². The highest BCUT2D eigenvalue weighted by Crippen LogP contribution is 2.26. The molecule has 2 aromatic rings. The fraction of sp³-hybridized carbons (Fsp3) is 0.455. The first-order valence-electron chi connectivity index (χ1n) is 5.82. The van der Waals surface area contributed by atoms with E-state index in [2.05, 4.69) is 20.7 Å². The van der Waals surface area contributed by atoms with E-state index in [1.807, 2.05) is 25.3 Å². The summed E-state index contributed by atoms with van der Waals surface area (Å²) in [5.74, 6) is 6.55. The maximum absolute atomic E-state index is 5.47. The van der Waals surface area contributed by atoms with Crippen LogP contribution >= 0.6 is 11.3 Å². The molecule has 7 heteroatoms. The summed E-state index contributed by atoms with van der Waals surface area (Å²) < 4.78 is 5.47. The summed E-state index contributed by atoms with van der Waals surface area (Å²) in [5.41, 5.74) is 2.48. The van der Waals surface area contributed by atoms with Crippen molar-refractivity contribution in [2.24, 2.45) is 5.84 Å². The van der Waals surface area contributed by atoms with Crippen molar-refractivity contribution in [2.75, 3.05) is 23.9 Å². The molecule has 0 aliphatic rings. The minimum atomic E-state index is 0.132. The number of thiophene rings is 1. The van der Waals surface area contributed by atoms with Gasteiger partial charge in [-0.05, 0) is 25.3 Å². The van der Waals surface area contributed by atoms with Gasteiger partial charge in [-0.3, -0.25) is 5.43 Å². The van der Waals surface area contributed by atoms with Crippen molar-refractivity contribution in [1.82, 2.24) is 9.97 Å². The molecule has 2 heterocycles. The van der Waals surface area contributed by atoms with Gasteiger partial charge in [-0.2, -0.15) is 4.98 Å². The zero-order valence-electron chi connectivity index (χ0n) is 10.4. The Morgan fingerprint density at radius 3 is 3.06 bits per heavy atom. The second kappa shape index (κ2) is 5.94. The number of nitrogens with one attached hydrogen (secondary N) is 2. The number of fused-ring (bicyclic) bond motifs is 1. The molecule has 0 aromatic carbocycles. The molecule has 0 aliphatic heterocycles. The number of aromatic nitrogens is 2. The molecule has 2 aromatic heterocycles. The van der Waals surface area contributed by atoms with Crippen LogP contribution in [0.3, 0.4) is 0 Å². The lowest BCUT2D eigenvalue weighted by molar-refractivity contribution is 0.0855. The number of nitrogens with two attached hydrogens (primary N) is 1. The minimum Gasteiger partial charge on any atom is -0.377 e. The largest absolute Gasteiger partial charge is 0.377 e. The van der Waals surface area contributed by atoms with Gasteiger partial charge in [0, 0.05) is 13.2 Å². The lowest BCUT2D eigenvalue weighted by atomic mass is 10.3. The Morgan fingerprint density at radius 1 is 1.50 bits per heavy atom. The van der Waals surface area contributed by atoms with Crippen LogP contribution in [0.4, 0.5) is 11.8 Å². The van der Waals surface area contributed by atoms with Gasteiger partial charge in [0.15, 0.2) is 0 Å². The highest BCUT2D eigenvalue weighted by Gasteiger charge is 2.09. The highest BCUT2D eigenvalue weighted by atomic mass is 32.1. The van der Waals surface area contributed by atoms with Crippen molar-refractivity contribution in [1.29, 1.82) is 0 Å². The van der Waals surface area contributed by atoms with Crippen molar-refractivity contribution >= 4 is 33.3 Å². The zero-order valence-corrected chi connectivity index (χ0v) is 11.3. The first-order valence-corrected chi connectivity index (χ1v) is 6.70. The molecule has 2 rings (SSSR count). The van der Waals surface area contributed by atoms with Crippen LogP contribution in [-0.2, 0) is 4.74 Å². The standard InChI is InChI=1S/C11H17N5OS/c1-3-17-7(2)6-13-9-8-4-5-18-10(8)15-11(14-9)16-12/h4-5,7H,3,6,12H2,1-2H3,(H2,13,14,15,16). The molecule has 98 valence electrons. The molecule has 1 unspecified atom stereocenters. The average Bonchev–Trinajstić information content (AvgIpc) is 2.84. The lowest BCUT2D eigenvalue weighted by Gasteiger charge is -2.14. The predicted octanol–water partition coefficient (Wildman–Crippen LogP) is 1.81. The Kier molecular flexibility index (Phi) is 4.29. The Balaban J connectivity index is 2.18. The van der Waals surface area contributed by atoms with Gasteiger partial charge in [0.2, 0.25) is 5.95 Å². The number of hydrogen-bond acceptors (Lipinski definition) is 7. The average molecular weight is 267 g/mol. The molecule has 0 aliphatic carbocycles. The van der Waals surface area contributed by atoms with Crippen LogP contribution in [0.2, 0.25) is 0 Å². The van der Waals surface area contributed by atoms with Gasteiger partial charge in [-0.15, -0.1) is 11.3 Å². The van der Waals surface area contributed by atoms with Crippen molar-refractivity contribution in [2.45, 2.75) is 20.0 Å². The quantitative estimate of drug-likeness (QED) is 0.547. The van der Waals surface area contributed by atoms with E-state index in [0.29, 0.717) is 19.1 Å². The molecular weight excluding hydrogens is 250 g/mol. The van der Waals surface area contributed by atoms with E-state index in [4.69, 9.17) is 10.6 Å². The molecule has 0 fully saturated rings. The van der Waals surface area contributed by atoms with Gasteiger partial charge in [0.25, 0.3) is 0 Å². The predicted molar refractivity (Wildman–Crippen MR) is 74.8 cm³/mol. The number of rotatable bonds is 6. The number of hydrogen-bond donors (Lipinski definition) is 3. The van der Waals surface area contributed by atoms with Crippen molar-refractivity contribution < 1.29 is 4.74 Å². The van der Waals surface area contributed by atoms with Gasteiger partial charge in [0.05, 0.1) is 11.5 Å². The number of ether oxygens (including phenoxy) is 1. The van der Waals surface area contributed by atoms with Gasteiger partial charge in [-0.25, -0.2) is 10.8 Å². The Hall–Kier alpha value is -1.44. The monoisotopic (exact) mass is 267 g/mol. The van der Waals surface area contributed by atoms with E-state index in [-0.39, 0.29) is 6.10 Å². The molecule has 0 bridgehead atoms. The highest BCUT2D eigenvalue weighted by molar-refractivity contribution is 7.16. The van der Waals surface area contributed by atoms with Gasteiger partial charge < -0.3 is 10.1 Å². The smallest absolute Gasteiger partial charge is 0.240 e. The van der Waals surface area contributed by atoms with E-state index in [1.165, 1.54) is 0 Å². The van der Waals surface area contributed by atoms with Crippen LogP contribution in [-0.4, -0.2) is 29.2 Å².